The lowest BCUT2D eigenvalue weighted by Crippen LogP contribution is -2.35. The summed E-state index contributed by atoms with van der Waals surface area (Å²) in [4.78, 5) is 15.0. The van der Waals surface area contributed by atoms with Crippen LogP contribution in [0.3, 0.4) is 0 Å². The largest absolute Gasteiger partial charge is 0.497 e. The van der Waals surface area contributed by atoms with E-state index >= 15 is 0 Å². The third kappa shape index (κ3) is 4.48. The van der Waals surface area contributed by atoms with E-state index in [-0.39, 0.29) is 22.7 Å². The molecule has 2 heterocycles. The van der Waals surface area contributed by atoms with Crippen LogP contribution in [0.25, 0.3) is 0 Å². The summed E-state index contributed by atoms with van der Waals surface area (Å²) in [5, 5.41) is 0. The van der Waals surface area contributed by atoms with Crippen LogP contribution in [0, 0.1) is 0 Å². The predicted molar refractivity (Wildman–Crippen MR) is 123 cm³/mol. The molecular weight excluding hydrogens is 456 g/mol. The highest BCUT2D eigenvalue weighted by Crippen LogP contribution is 2.34. The smallest absolute Gasteiger partial charge is 0.258 e. The van der Waals surface area contributed by atoms with Crippen LogP contribution in [-0.2, 0) is 23.0 Å². The molecule has 3 aromatic rings. The molecule has 6 nitrogen and oxygen atoms in total. The first-order valence-corrected chi connectivity index (χ1v) is 12.3. The Balaban J connectivity index is 1.55. The highest BCUT2D eigenvalue weighted by molar-refractivity contribution is 7.91. The molecule has 0 saturated heterocycles. The van der Waals surface area contributed by atoms with E-state index in [1.54, 1.807) is 42.3 Å². The van der Waals surface area contributed by atoms with Gasteiger partial charge in [0.05, 0.1) is 11.4 Å². The standard InChI is InChI=1S/C22H21ClN2O4S2/c1-14-11-17-4-3-15(13-24-31(27,28)21-10-9-20(23)30-21)12-19(17)25(14)22(26)16-5-7-18(29-2)8-6-16/h3-10,12,14,24H,11,13H2,1-2H3/t14-/m1/s1. The zero-order chi connectivity index (χ0) is 22.2. The molecule has 0 fully saturated rings. The Morgan fingerprint density at radius 3 is 2.58 bits per heavy atom. The van der Waals surface area contributed by atoms with E-state index in [1.165, 1.54) is 6.07 Å². The molecule has 1 aliphatic heterocycles. The molecule has 1 aromatic heterocycles. The van der Waals surface area contributed by atoms with Gasteiger partial charge < -0.3 is 9.64 Å². The Morgan fingerprint density at radius 2 is 1.94 bits per heavy atom. The maximum absolute atomic E-state index is 13.2. The van der Waals surface area contributed by atoms with Gasteiger partial charge in [-0.3, -0.25) is 4.79 Å². The SMILES string of the molecule is COc1ccc(C(=O)N2c3cc(CNS(=O)(=O)c4ccc(Cl)s4)ccc3C[C@H]2C)cc1. The molecule has 31 heavy (non-hydrogen) atoms. The van der Waals surface area contributed by atoms with Gasteiger partial charge in [0.1, 0.15) is 9.96 Å². The third-order valence-electron chi connectivity index (χ3n) is 5.20. The van der Waals surface area contributed by atoms with E-state index in [1.807, 2.05) is 25.1 Å². The molecule has 1 aliphatic rings. The quantitative estimate of drug-likeness (QED) is 0.569. The molecule has 0 bridgehead atoms. The Labute approximate surface area is 190 Å². The van der Waals surface area contributed by atoms with Crippen molar-refractivity contribution in [1.29, 1.82) is 0 Å². The van der Waals surface area contributed by atoms with E-state index in [0.717, 1.165) is 34.6 Å². The number of benzene rings is 2. The van der Waals surface area contributed by atoms with E-state index in [4.69, 9.17) is 16.3 Å². The summed E-state index contributed by atoms with van der Waals surface area (Å²) in [6.45, 7) is 2.12. The number of rotatable bonds is 6. The first-order valence-electron chi connectivity index (χ1n) is 9.63. The zero-order valence-electron chi connectivity index (χ0n) is 17.0. The van der Waals surface area contributed by atoms with Crippen LogP contribution in [0.15, 0.2) is 58.8 Å². The molecule has 1 amide bonds. The number of amides is 1. The third-order valence-corrected chi connectivity index (χ3v) is 8.33. The van der Waals surface area contributed by atoms with Gasteiger partial charge in [-0.15, -0.1) is 11.3 Å². The average Bonchev–Trinajstić information content (AvgIpc) is 3.34. The fourth-order valence-corrected chi connectivity index (χ4v) is 6.18. The topological polar surface area (TPSA) is 75.7 Å². The van der Waals surface area contributed by atoms with Gasteiger partial charge in [0.25, 0.3) is 5.91 Å². The number of methoxy groups -OCH3 is 1. The van der Waals surface area contributed by atoms with E-state index in [0.29, 0.717) is 15.6 Å². The lowest BCUT2D eigenvalue weighted by atomic mass is 10.1. The molecule has 1 N–H and O–H groups in total. The number of hydrogen-bond donors (Lipinski definition) is 1. The predicted octanol–water partition coefficient (Wildman–Crippen LogP) is 4.48. The second-order valence-corrected chi connectivity index (χ2v) is 11.0. The summed E-state index contributed by atoms with van der Waals surface area (Å²) in [7, 11) is -2.07. The molecule has 0 radical (unpaired) electrons. The van der Waals surface area contributed by atoms with Crippen LogP contribution >= 0.6 is 22.9 Å². The summed E-state index contributed by atoms with van der Waals surface area (Å²) in [6, 6.07) is 15.8. The maximum atomic E-state index is 13.2. The minimum absolute atomic E-state index is 0.00445. The second kappa shape index (κ2) is 8.63. The van der Waals surface area contributed by atoms with E-state index in [2.05, 4.69) is 4.72 Å². The molecule has 4 rings (SSSR count). The summed E-state index contributed by atoms with van der Waals surface area (Å²) in [5.74, 6) is 0.591. The first kappa shape index (κ1) is 21.8. The van der Waals surface area contributed by atoms with Gasteiger partial charge in [-0.1, -0.05) is 23.7 Å². The highest BCUT2D eigenvalue weighted by atomic mass is 35.5. The van der Waals surface area contributed by atoms with Crippen molar-refractivity contribution in [2.75, 3.05) is 12.0 Å². The number of ether oxygens (including phenoxy) is 1. The van der Waals surface area contributed by atoms with Crippen molar-refractivity contribution in [2.45, 2.75) is 30.1 Å². The van der Waals surface area contributed by atoms with Crippen molar-refractivity contribution in [3.05, 3.63) is 75.6 Å². The molecule has 2 aromatic carbocycles. The Morgan fingerprint density at radius 1 is 1.19 bits per heavy atom. The lowest BCUT2D eigenvalue weighted by molar-refractivity contribution is 0.0981. The number of nitrogens with zero attached hydrogens (tertiary/aromatic N) is 1. The first-order chi connectivity index (χ1) is 14.8. The van der Waals surface area contributed by atoms with Crippen molar-refractivity contribution in [1.82, 2.24) is 4.72 Å². The number of carbonyl (C=O) groups is 1. The van der Waals surface area contributed by atoms with Crippen LogP contribution < -0.4 is 14.4 Å². The fourth-order valence-electron chi connectivity index (χ4n) is 3.64. The second-order valence-electron chi connectivity index (χ2n) is 7.30. The van der Waals surface area contributed by atoms with Crippen LogP contribution in [0.2, 0.25) is 4.34 Å². The number of fused-ring (bicyclic) bond motifs is 1. The number of sulfonamides is 1. The molecule has 1 atom stereocenters. The maximum Gasteiger partial charge on any atom is 0.258 e. The van der Waals surface area contributed by atoms with Crippen molar-refractivity contribution in [2.24, 2.45) is 0 Å². The van der Waals surface area contributed by atoms with Crippen molar-refractivity contribution >= 4 is 44.6 Å². The molecule has 9 heteroatoms. The summed E-state index contributed by atoms with van der Waals surface area (Å²) in [6.07, 6.45) is 0.747. The number of hydrogen-bond acceptors (Lipinski definition) is 5. The van der Waals surface area contributed by atoms with E-state index in [9.17, 15) is 13.2 Å². The molecule has 0 aliphatic carbocycles. The number of halogens is 1. The number of anilines is 1. The van der Waals surface area contributed by atoms with Crippen LogP contribution in [0.1, 0.15) is 28.4 Å². The van der Waals surface area contributed by atoms with Crippen molar-refractivity contribution in [3.8, 4) is 5.75 Å². The van der Waals surface area contributed by atoms with Gasteiger partial charge in [0, 0.05) is 23.8 Å². The van der Waals surface area contributed by atoms with Gasteiger partial charge in [-0.2, -0.15) is 0 Å². The average molecular weight is 477 g/mol. The lowest BCUT2D eigenvalue weighted by Gasteiger charge is -2.23. The Bertz CT molecular complexity index is 1220. The van der Waals surface area contributed by atoms with Crippen molar-refractivity contribution in [3.63, 3.8) is 0 Å². The van der Waals surface area contributed by atoms with Crippen LogP contribution in [0.5, 0.6) is 5.75 Å². The van der Waals surface area contributed by atoms with Crippen LogP contribution in [-0.4, -0.2) is 27.5 Å². The zero-order valence-corrected chi connectivity index (χ0v) is 19.4. The Hall–Kier alpha value is -2.39. The molecule has 0 spiro atoms. The molecule has 162 valence electrons. The van der Waals surface area contributed by atoms with E-state index < -0.39 is 10.0 Å². The van der Waals surface area contributed by atoms with Gasteiger partial charge in [0.2, 0.25) is 10.0 Å². The summed E-state index contributed by atoms with van der Waals surface area (Å²) in [5.41, 5.74) is 3.21. The fraction of sp³-hybridized carbons (Fsp3) is 0.227. The van der Waals surface area contributed by atoms with Crippen molar-refractivity contribution < 1.29 is 17.9 Å². The minimum atomic E-state index is -3.65. The van der Waals surface area contributed by atoms with Gasteiger partial charge >= 0.3 is 0 Å². The Kier molecular flexibility index (Phi) is 6.07. The molecule has 0 unspecified atom stereocenters. The van der Waals surface area contributed by atoms with Gasteiger partial charge in [0.15, 0.2) is 0 Å². The molecule has 0 saturated carbocycles. The number of nitrogens with one attached hydrogen (secondary N) is 1. The highest BCUT2D eigenvalue weighted by Gasteiger charge is 2.32. The van der Waals surface area contributed by atoms with Gasteiger partial charge in [-0.25, -0.2) is 13.1 Å². The molecular formula is C22H21ClN2O4S2. The van der Waals surface area contributed by atoms with Gasteiger partial charge in [-0.05, 0) is 66.9 Å². The normalized spacial score (nSPS) is 15.7. The summed E-state index contributed by atoms with van der Waals surface area (Å²) < 4.78 is 33.3. The van der Waals surface area contributed by atoms with Crippen LogP contribution in [0.4, 0.5) is 5.69 Å². The monoisotopic (exact) mass is 476 g/mol. The number of thiophene rings is 1. The number of carbonyl (C=O) groups excluding carboxylic acids is 1. The summed E-state index contributed by atoms with van der Waals surface area (Å²) >= 11 is 6.86. The minimum Gasteiger partial charge on any atom is -0.497 e.